The molecule has 22 heavy (non-hydrogen) atoms. The Kier molecular flexibility index (Phi) is 3.27. The van der Waals surface area contributed by atoms with Crippen LogP contribution in [0.1, 0.15) is 23.0 Å². The highest BCUT2D eigenvalue weighted by Gasteiger charge is 2.34. The Labute approximate surface area is 130 Å². The molecule has 0 radical (unpaired) electrons. The predicted octanol–water partition coefficient (Wildman–Crippen LogP) is 2.91. The van der Waals surface area contributed by atoms with Crippen LogP contribution >= 0.6 is 11.3 Å². The molecular formula is C15H13N3O3S. The molecule has 6 nitrogen and oxygen atoms in total. The first-order valence-electron chi connectivity index (χ1n) is 6.97. The van der Waals surface area contributed by atoms with E-state index in [-0.39, 0.29) is 11.8 Å². The Morgan fingerprint density at radius 1 is 1.36 bits per heavy atom. The molecule has 0 aromatic carbocycles. The molecule has 1 saturated heterocycles. The quantitative estimate of drug-likeness (QED) is 0.740. The van der Waals surface area contributed by atoms with Gasteiger partial charge in [0, 0.05) is 23.8 Å². The van der Waals surface area contributed by atoms with E-state index in [9.17, 15) is 4.79 Å². The van der Waals surface area contributed by atoms with E-state index in [2.05, 4.69) is 10.1 Å². The van der Waals surface area contributed by atoms with Crippen molar-refractivity contribution in [1.82, 2.24) is 15.0 Å². The summed E-state index contributed by atoms with van der Waals surface area (Å²) in [6.45, 7) is 1.27. The van der Waals surface area contributed by atoms with Crippen LogP contribution in [-0.4, -0.2) is 27.5 Å². The number of likely N-dealkylation sites (tertiary alicyclic amines) is 1. The first-order valence-corrected chi connectivity index (χ1v) is 7.85. The molecule has 112 valence electrons. The zero-order valence-corrected chi connectivity index (χ0v) is 12.5. The van der Waals surface area contributed by atoms with Gasteiger partial charge in [-0.3, -0.25) is 4.79 Å². The number of thiophene rings is 1. The summed E-state index contributed by atoms with van der Waals surface area (Å²) >= 11 is 1.66. The summed E-state index contributed by atoms with van der Waals surface area (Å²) in [5.74, 6) is 1.55. The molecule has 3 aromatic heterocycles. The Morgan fingerprint density at radius 3 is 3.09 bits per heavy atom. The van der Waals surface area contributed by atoms with Crippen LogP contribution in [0.15, 0.2) is 44.8 Å². The van der Waals surface area contributed by atoms with Crippen molar-refractivity contribution >= 4 is 17.2 Å². The van der Waals surface area contributed by atoms with E-state index in [1.54, 1.807) is 29.7 Å². The second-order valence-corrected chi connectivity index (χ2v) is 6.22. The molecule has 4 rings (SSSR count). The van der Waals surface area contributed by atoms with Gasteiger partial charge in [-0.25, -0.2) is 0 Å². The summed E-state index contributed by atoms with van der Waals surface area (Å²) in [5.41, 5.74) is 0. The molecule has 0 aliphatic carbocycles. The van der Waals surface area contributed by atoms with Gasteiger partial charge in [0.15, 0.2) is 11.6 Å². The Morgan fingerprint density at radius 2 is 2.32 bits per heavy atom. The van der Waals surface area contributed by atoms with Crippen molar-refractivity contribution < 1.29 is 13.7 Å². The largest absolute Gasteiger partial charge is 0.459 e. The minimum absolute atomic E-state index is 0.0278. The average molecular weight is 315 g/mol. The van der Waals surface area contributed by atoms with Crippen LogP contribution in [0.5, 0.6) is 0 Å². The monoisotopic (exact) mass is 315 g/mol. The van der Waals surface area contributed by atoms with Gasteiger partial charge < -0.3 is 13.8 Å². The van der Waals surface area contributed by atoms with Crippen LogP contribution in [0.4, 0.5) is 0 Å². The van der Waals surface area contributed by atoms with E-state index in [0.29, 0.717) is 37.0 Å². The smallest absolute Gasteiger partial charge is 0.293 e. The highest BCUT2D eigenvalue weighted by Crippen LogP contribution is 2.29. The van der Waals surface area contributed by atoms with Crippen LogP contribution in [0, 0.1) is 0 Å². The SMILES string of the molecule is O=C1CC(c2noc(-c3ccco3)n2)CN1Cc1cccs1. The zero-order chi connectivity index (χ0) is 14.9. The van der Waals surface area contributed by atoms with Gasteiger partial charge in [0.05, 0.1) is 12.8 Å². The van der Waals surface area contributed by atoms with Gasteiger partial charge in [-0.15, -0.1) is 11.3 Å². The van der Waals surface area contributed by atoms with Crippen LogP contribution in [0.3, 0.4) is 0 Å². The van der Waals surface area contributed by atoms with E-state index in [4.69, 9.17) is 8.94 Å². The molecule has 0 spiro atoms. The van der Waals surface area contributed by atoms with Crippen LogP contribution < -0.4 is 0 Å². The molecule has 3 aromatic rings. The lowest BCUT2D eigenvalue weighted by Crippen LogP contribution is -2.23. The molecule has 0 bridgehead atoms. The third-order valence-electron chi connectivity index (χ3n) is 3.68. The molecule has 1 unspecified atom stereocenters. The van der Waals surface area contributed by atoms with E-state index in [1.165, 1.54) is 4.88 Å². The van der Waals surface area contributed by atoms with E-state index in [1.807, 2.05) is 22.4 Å². The molecular weight excluding hydrogens is 302 g/mol. The lowest BCUT2D eigenvalue weighted by molar-refractivity contribution is -0.128. The number of rotatable bonds is 4. The van der Waals surface area contributed by atoms with Crippen molar-refractivity contribution in [3.63, 3.8) is 0 Å². The maximum absolute atomic E-state index is 12.1. The molecule has 1 aliphatic heterocycles. The van der Waals surface area contributed by atoms with Crippen molar-refractivity contribution in [3.05, 3.63) is 46.6 Å². The van der Waals surface area contributed by atoms with E-state index >= 15 is 0 Å². The third kappa shape index (κ3) is 2.43. The standard InChI is InChI=1S/C15H13N3O3S/c19-13-7-10(8-18(13)9-11-3-2-6-22-11)14-16-15(21-17-14)12-4-1-5-20-12/h1-6,10H,7-9H2. The zero-order valence-electron chi connectivity index (χ0n) is 11.6. The minimum atomic E-state index is -0.0278. The molecule has 1 amide bonds. The van der Waals surface area contributed by atoms with Crippen molar-refractivity contribution in [2.75, 3.05) is 6.54 Å². The molecule has 1 fully saturated rings. The number of aromatic nitrogens is 2. The summed E-state index contributed by atoms with van der Waals surface area (Å²) < 4.78 is 10.5. The van der Waals surface area contributed by atoms with Gasteiger partial charge in [0.2, 0.25) is 5.91 Å². The number of carbonyl (C=O) groups is 1. The number of nitrogens with zero attached hydrogens (tertiary/aromatic N) is 3. The summed E-state index contributed by atoms with van der Waals surface area (Å²) in [5, 5.41) is 6.01. The third-order valence-corrected chi connectivity index (χ3v) is 4.54. The molecule has 1 aliphatic rings. The molecule has 0 saturated carbocycles. The minimum Gasteiger partial charge on any atom is -0.459 e. The summed E-state index contributed by atoms with van der Waals surface area (Å²) in [6.07, 6.45) is 1.98. The Bertz CT molecular complexity index is 764. The second-order valence-electron chi connectivity index (χ2n) is 5.19. The first kappa shape index (κ1) is 13.3. The summed E-state index contributed by atoms with van der Waals surface area (Å²) in [6, 6.07) is 7.56. The van der Waals surface area contributed by atoms with Crippen LogP contribution in [0.2, 0.25) is 0 Å². The maximum Gasteiger partial charge on any atom is 0.293 e. The number of hydrogen-bond donors (Lipinski definition) is 0. The summed E-state index contributed by atoms with van der Waals surface area (Å²) in [4.78, 5) is 19.5. The Hall–Kier alpha value is -2.41. The van der Waals surface area contributed by atoms with E-state index in [0.717, 1.165) is 0 Å². The van der Waals surface area contributed by atoms with Crippen LogP contribution in [-0.2, 0) is 11.3 Å². The molecule has 0 N–H and O–H groups in total. The fourth-order valence-electron chi connectivity index (χ4n) is 2.59. The first-order chi connectivity index (χ1) is 10.8. The summed E-state index contributed by atoms with van der Waals surface area (Å²) in [7, 11) is 0. The van der Waals surface area contributed by atoms with Gasteiger partial charge in [-0.1, -0.05) is 11.2 Å². The fraction of sp³-hybridized carbons (Fsp3) is 0.267. The number of hydrogen-bond acceptors (Lipinski definition) is 6. The number of amides is 1. The van der Waals surface area contributed by atoms with Crippen molar-refractivity contribution in [2.24, 2.45) is 0 Å². The lowest BCUT2D eigenvalue weighted by atomic mass is 10.1. The maximum atomic E-state index is 12.1. The van der Waals surface area contributed by atoms with Gasteiger partial charge >= 0.3 is 0 Å². The van der Waals surface area contributed by atoms with Gasteiger partial charge in [-0.05, 0) is 23.6 Å². The van der Waals surface area contributed by atoms with Crippen molar-refractivity contribution in [1.29, 1.82) is 0 Å². The average Bonchev–Trinajstić information content (AvgIpc) is 3.27. The van der Waals surface area contributed by atoms with Gasteiger partial charge in [0.1, 0.15) is 0 Å². The van der Waals surface area contributed by atoms with Gasteiger partial charge in [-0.2, -0.15) is 4.98 Å². The molecule has 7 heteroatoms. The lowest BCUT2D eigenvalue weighted by Gasteiger charge is -2.14. The fourth-order valence-corrected chi connectivity index (χ4v) is 3.31. The number of furan rings is 1. The highest BCUT2D eigenvalue weighted by atomic mass is 32.1. The molecule has 1 atom stereocenters. The van der Waals surface area contributed by atoms with Crippen molar-refractivity contribution in [3.8, 4) is 11.7 Å². The highest BCUT2D eigenvalue weighted by molar-refractivity contribution is 7.09. The molecule has 4 heterocycles. The Balaban J connectivity index is 1.49. The predicted molar refractivity (Wildman–Crippen MR) is 79.1 cm³/mol. The number of carbonyl (C=O) groups excluding carboxylic acids is 1. The normalized spacial score (nSPS) is 18.3. The topological polar surface area (TPSA) is 72.4 Å². The van der Waals surface area contributed by atoms with E-state index < -0.39 is 0 Å². The van der Waals surface area contributed by atoms with Gasteiger partial charge in [0.25, 0.3) is 5.89 Å². The van der Waals surface area contributed by atoms with Crippen LogP contribution in [0.25, 0.3) is 11.7 Å². The second kappa shape index (κ2) is 5.42. The van der Waals surface area contributed by atoms with Crippen molar-refractivity contribution in [2.45, 2.75) is 18.9 Å².